The summed E-state index contributed by atoms with van der Waals surface area (Å²) in [5, 5.41) is 0.528. The third-order valence-corrected chi connectivity index (χ3v) is 6.58. The Labute approximate surface area is 213 Å². The highest BCUT2D eigenvalue weighted by molar-refractivity contribution is 6.45. The van der Waals surface area contributed by atoms with Crippen molar-refractivity contribution in [3.05, 3.63) is 102 Å². The van der Waals surface area contributed by atoms with Crippen molar-refractivity contribution in [1.29, 1.82) is 0 Å². The summed E-state index contributed by atoms with van der Waals surface area (Å²) >= 11 is 0. The Morgan fingerprint density at radius 2 is 1.27 bits per heavy atom. The number of fused-ring (bicyclic) bond motifs is 1. The number of benzene rings is 3. The SMILES string of the molecule is COc1ccc(C(=O)n2cc(C(=O)C(=O)N3CCN(C(=O)c4ccccc4)CC3)c3ccccc32)cc1. The first-order valence-electron chi connectivity index (χ1n) is 11.9. The molecule has 1 aliphatic rings. The molecule has 0 saturated carbocycles. The standard InChI is InChI=1S/C29H25N3O5/c1-37-22-13-11-21(12-14-22)28(35)32-19-24(23-9-5-6-10-25(23)32)26(33)29(36)31-17-15-30(16-18-31)27(34)20-7-3-2-4-8-20/h2-14,19H,15-18H2,1H3. The van der Waals surface area contributed by atoms with E-state index in [2.05, 4.69) is 0 Å². The van der Waals surface area contributed by atoms with E-state index in [9.17, 15) is 19.2 Å². The van der Waals surface area contributed by atoms with E-state index < -0.39 is 11.7 Å². The van der Waals surface area contributed by atoms with Gasteiger partial charge in [0.25, 0.3) is 23.5 Å². The number of aromatic nitrogens is 1. The molecule has 8 heteroatoms. The molecular weight excluding hydrogens is 470 g/mol. The lowest BCUT2D eigenvalue weighted by atomic mass is 10.1. The lowest BCUT2D eigenvalue weighted by Gasteiger charge is -2.34. The maximum Gasteiger partial charge on any atom is 0.295 e. The van der Waals surface area contributed by atoms with Gasteiger partial charge in [-0.15, -0.1) is 0 Å². The van der Waals surface area contributed by atoms with Crippen molar-refractivity contribution in [3.8, 4) is 5.75 Å². The first-order valence-corrected chi connectivity index (χ1v) is 11.9. The van der Waals surface area contributed by atoms with Gasteiger partial charge < -0.3 is 14.5 Å². The van der Waals surface area contributed by atoms with Gasteiger partial charge >= 0.3 is 0 Å². The van der Waals surface area contributed by atoms with Crippen LogP contribution in [0.5, 0.6) is 5.75 Å². The molecule has 2 amide bonds. The number of piperazine rings is 1. The monoisotopic (exact) mass is 495 g/mol. The van der Waals surface area contributed by atoms with Crippen molar-refractivity contribution in [2.75, 3.05) is 33.3 Å². The van der Waals surface area contributed by atoms with Crippen molar-refractivity contribution >= 4 is 34.4 Å². The number of hydrogen-bond donors (Lipinski definition) is 0. The molecule has 186 valence electrons. The Morgan fingerprint density at radius 1 is 0.676 bits per heavy atom. The lowest BCUT2D eigenvalue weighted by Crippen LogP contribution is -2.52. The molecule has 1 aliphatic heterocycles. The Hall–Kier alpha value is -4.72. The number of amides is 2. The van der Waals surface area contributed by atoms with E-state index in [0.717, 1.165) is 0 Å². The van der Waals surface area contributed by atoms with Gasteiger partial charge in [0.05, 0.1) is 18.2 Å². The first-order chi connectivity index (χ1) is 18.0. The van der Waals surface area contributed by atoms with Gasteiger partial charge in [0.15, 0.2) is 0 Å². The van der Waals surface area contributed by atoms with Gasteiger partial charge in [-0.05, 0) is 42.5 Å². The summed E-state index contributed by atoms with van der Waals surface area (Å²) in [4.78, 5) is 55.6. The molecule has 0 N–H and O–H groups in total. The van der Waals surface area contributed by atoms with Gasteiger partial charge in [0.1, 0.15) is 5.75 Å². The van der Waals surface area contributed by atoms with E-state index in [4.69, 9.17) is 4.74 Å². The summed E-state index contributed by atoms with van der Waals surface area (Å²) in [5.74, 6) is -1.12. The van der Waals surface area contributed by atoms with Crippen LogP contribution in [0.2, 0.25) is 0 Å². The Morgan fingerprint density at radius 3 is 1.95 bits per heavy atom. The summed E-state index contributed by atoms with van der Waals surface area (Å²) in [7, 11) is 1.55. The fourth-order valence-corrected chi connectivity index (χ4v) is 4.54. The zero-order valence-electron chi connectivity index (χ0n) is 20.3. The zero-order chi connectivity index (χ0) is 25.9. The van der Waals surface area contributed by atoms with E-state index in [1.165, 1.54) is 15.7 Å². The Kier molecular flexibility index (Phi) is 6.55. The molecule has 0 unspecified atom stereocenters. The van der Waals surface area contributed by atoms with Crippen molar-refractivity contribution in [2.24, 2.45) is 0 Å². The van der Waals surface area contributed by atoms with Crippen LogP contribution >= 0.6 is 0 Å². The second-order valence-corrected chi connectivity index (χ2v) is 8.74. The van der Waals surface area contributed by atoms with Crippen LogP contribution in [-0.4, -0.2) is 71.2 Å². The molecule has 0 atom stereocenters. The molecule has 2 heterocycles. The van der Waals surface area contributed by atoms with E-state index in [0.29, 0.717) is 40.9 Å². The number of carbonyl (C=O) groups is 4. The number of ketones is 1. The molecule has 5 rings (SSSR count). The van der Waals surface area contributed by atoms with Crippen molar-refractivity contribution in [1.82, 2.24) is 14.4 Å². The third kappa shape index (κ3) is 4.61. The van der Waals surface area contributed by atoms with Gasteiger partial charge in [-0.3, -0.25) is 23.7 Å². The zero-order valence-corrected chi connectivity index (χ0v) is 20.3. The van der Waals surface area contributed by atoms with E-state index >= 15 is 0 Å². The van der Waals surface area contributed by atoms with Gasteiger partial charge in [0.2, 0.25) is 0 Å². The molecule has 1 saturated heterocycles. The number of carbonyl (C=O) groups excluding carboxylic acids is 4. The third-order valence-electron chi connectivity index (χ3n) is 6.58. The minimum atomic E-state index is -0.680. The summed E-state index contributed by atoms with van der Waals surface area (Å²) < 4.78 is 6.56. The maximum absolute atomic E-state index is 13.3. The number of methoxy groups -OCH3 is 1. The predicted octanol–water partition coefficient (Wildman–Crippen LogP) is 3.51. The van der Waals surface area contributed by atoms with Crippen LogP contribution in [0.15, 0.2) is 85.1 Å². The molecule has 0 aliphatic carbocycles. The topological polar surface area (TPSA) is 88.9 Å². The van der Waals surface area contributed by atoms with E-state index in [1.807, 2.05) is 18.2 Å². The number of rotatable bonds is 5. The molecule has 0 spiro atoms. The number of para-hydroxylation sites is 1. The van der Waals surface area contributed by atoms with Crippen LogP contribution in [0.1, 0.15) is 31.1 Å². The first kappa shape index (κ1) is 24.0. The second kappa shape index (κ2) is 10.1. The van der Waals surface area contributed by atoms with Gasteiger partial charge in [0, 0.05) is 48.9 Å². The Balaban J connectivity index is 1.35. The molecule has 4 aromatic rings. The molecule has 0 radical (unpaired) electrons. The van der Waals surface area contributed by atoms with Gasteiger partial charge in [-0.1, -0.05) is 36.4 Å². The van der Waals surface area contributed by atoms with Crippen LogP contribution in [0, 0.1) is 0 Å². The van der Waals surface area contributed by atoms with Crippen LogP contribution < -0.4 is 4.74 Å². The second-order valence-electron chi connectivity index (χ2n) is 8.74. The normalized spacial score (nSPS) is 13.4. The minimum absolute atomic E-state index is 0.0980. The smallest absolute Gasteiger partial charge is 0.295 e. The molecule has 0 bridgehead atoms. The molecule has 3 aromatic carbocycles. The number of nitrogens with zero attached hydrogens (tertiary/aromatic N) is 3. The van der Waals surface area contributed by atoms with Gasteiger partial charge in [-0.2, -0.15) is 0 Å². The highest BCUT2D eigenvalue weighted by Gasteiger charge is 2.31. The van der Waals surface area contributed by atoms with Gasteiger partial charge in [-0.25, -0.2) is 0 Å². The highest BCUT2D eigenvalue weighted by atomic mass is 16.5. The minimum Gasteiger partial charge on any atom is -0.497 e. The van der Waals surface area contributed by atoms with Crippen LogP contribution in [0.25, 0.3) is 10.9 Å². The summed E-state index contributed by atoms with van der Waals surface area (Å²) in [6, 6.07) is 22.7. The lowest BCUT2D eigenvalue weighted by molar-refractivity contribution is -0.127. The van der Waals surface area contributed by atoms with E-state index in [-0.39, 0.29) is 30.5 Å². The summed E-state index contributed by atoms with van der Waals surface area (Å²) in [5.41, 5.74) is 1.72. The highest BCUT2D eigenvalue weighted by Crippen LogP contribution is 2.24. The largest absolute Gasteiger partial charge is 0.497 e. The maximum atomic E-state index is 13.3. The van der Waals surface area contributed by atoms with Crippen molar-refractivity contribution < 1.29 is 23.9 Å². The average Bonchev–Trinajstić information content (AvgIpc) is 3.36. The Bertz CT molecular complexity index is 1480. The molecular formula is C29H25N3O5. The predicted molar refractivity (Wildman–Crippen MR) is 138 cm³/mol. The quantitative estimate of drug-likeness (QED) is 0.312. The summed E-state index contributed by atoms with van der Waals surface area (Å²) in [6.07, 6.45) is 1.44. The molecule has 1 aromatic heterocycles. The molecule has 8 nitrogen and oxygen atoms in total. The van der Waals surface area contributed by atoms with Crippen LogP contribution in [0.4, 0.5) is 0 Å². The molecule has 37 heavy (non-hydrogen) atoms. The number of ether oxygens (including phenoxy) is 1. The number of hydrogen-bond acceptors (Lipinski definition) is 5. The summed E-state index contributed by atoms with van der Waals surface area (Å²) in [6.45, 7) is 1.19. The fraction of sp³-hybridized carbons (Fsp3) is 0.172. The van der Waals surface area contributed by atoms with Crippen molar-refractivity contribution in [2.45, 2.75) is 0 Å². The van der Waals surface area contributed by atoms with Crippen LogP contribution in [0.3, 0.4) is 0 Å². The number of Topliss-reactive ketones (excluding diaryl/α,β-unsaturated/α-hetero) is 1. The van der Waals surface area contributed by atoms with Crippen LogP contribution in [-0.2, 0) is 4.79 Å². The fourth-order valence-electron chi connectivity index (χ4n) is 4.54. The van der Waals surface area contributed by atoms with Crippen molar-refractivity contribution in [3.63, 3.8) is 0 Å². The molecule has 1 fully saturated rings. The average molecular weight is 496 g/mol. The van der Waals surface area contributed by atoms with E-state index in [1.54, 1.807) is 72.7 Å².